The van der Waals surface area contributed by atoms with Crippen LogP contribution in [0, 0.1) is 0 Å². The Hall–Kier alpha value is -4.00. The zero-order valence-electron chi connectivity index (χ0n) is 20.2. The van der Waals surface area contributed by atoms with E-state index in [4.69, 9.17) is 4.42 Å². The number of piperazine rings is 1. The topological polar surface area (TPSA) is 122 Å². The number of nitrogens with zero attached hydrogens (tertiary/aromatic N) is 4. The quantitative estimate of drug-likeness (QED) is 0.318. The number of nitrogens with one attached hydrogen (secondary N) is 2. The van der Waals surface area contributed by atoms with Crippen LogP contribution in [0.2, 0.25) is 0 Å². The molecule has 0 saturated carbocycles. The van der Waals surface area contributed by atoms with E-state index < -0.39 is 15.8 Å². The molecule has 2 N–H and O–H groups in total. The molecule has 1 aliphatic rings. The van der Waals surface area contributed by atoms with Crippen molar-refractivity contribution in [1.82, 2.24) is 19.2 Å². The van der Waals surface area contributed by atoms with E-state index in [0.717, 1.165) is 60.1 Å². The number of fused-ring (bicyclic) bond motifs is 1. The number of para-hydroxylation sites is 1. The SMILES string of the molecule is O=c1oc2cc(S(=O)(=O)Nc3ncns3)ccc2n1Cc1ccccc1-c1ccccc1N1CCNCC1. The second-order valence-electron chi connectivity index (χ2n) is 8.85. The Morgan fingerprint density at radius 1 is 1.00 bits per heavy atom. The smallest absolute Gasteiger partial charge is 0.408 e. The monoisotopic (exact) mass is 548 g/mol. The molecule has 1 saturated heterocycles. The first kappa shape index (κ1) is 24.3. The van der Waals surface area contributed by atoms with Crippen molar-refractivity contribution in [2.45, 2.75) is 11.4 Å². The van der Waals surface area contributed by atoms with Crippen LogP contribution in [0.4, 0.5) is 10.8 Å². The molecule has 38 heavy (non-hydrogen) atoms. The molecule has 6 rings (SSSR count). The summed E-state index contributed by atoms with van der Waals surface area (Å²) in [6, 6.07) is 20.7. The van der Waals surface area contributed by atoms with Gasteiger partial charge in [-0.3, -0.25) is 9.29 Å². The average Bonchev–Trinajstić information content (AvgIpc) is 3.56. The van der Waals surface area contributed by atoms with Crippen molar-refractivity contribution in [3.05, 3.63) is 89.2 Å². The van der Waals surface area contributed by atoms with Gasteiger partial charge in [0.25, 0.3) is 10.0 Å². The Bertz CT molecular complexity index is 1760. The van der Waals surface area contributed by atoms with Gasteiger partial charge in [-0.25, -0.2) is 18.2 Å². The van der Waals surface area contributed by atoms with E-state index in [0.29, 0.717) is 5.52 Å². The van der Waals surface area contributed by atoms with Gasteiger partial charge in [0.2, 0.25) is 5.13 Å². The fourth-order valence-corrected chi connectivity index (χ4v) is 6.41. The number of anilines is 2. The van der Waals surface area contributed by atoms with Crippen LogP contribution in [0.15, 0.2) is 87.2 Å². The number of hydrogen-bond donors (Lipinski definition) is 2. The summed E-state index contributed by atoms with van der Waals surface area (Å²) < 4.78 is 38.8. The largest absolute Gasteiger partial charge is 0.420 e. The molecule has 3 heterocycles. The summed E-state index contributed by atoms with van der Waals surface area (Å²) >= 11 is 0.930. The molecule has 0 radical (unpaired) electrons. The molecule has 1 fully saturated rings. The fourth-order valence-electron chi connectivity index (χ4n) is 4.73. The summed E-state index contributed by atoms with van der Waals surface area (Å²) in [5.41, 5.74) is 4.94. The maximum absolute atomic E-state index is 12.9. The average molecular weight is 549 g/mol. The van der Waals surface area contributed by atoms with E-state index >= 15 is 0 Å². The van der Waals surface area contributed by atoms with Gasteiger partial charge in [0.05, 0.1) is 17.0 Å². The Morgan fingerprint density at radius 2 is 1.76 bits per heavy atom. The van der Waals surface area contributed by atoms with Crippen LogP contribution < -0.4 is 20.7 Å². The molecule has 194 valence electrons. The van der Waals surface area contributed by atoms with Gasteiger partial charge in [-0.15, -0.1) is 0 Å². The second kappa shape index (κ2) is 10.0. The van der Waals surface area contributed by atoms with Gasteiger partial charge >= 0.3 is 5.76 Å². The highest BCUT2D eigenvalue weighted by molar-refractivity contribution is 7.93. The molecule has 12 heteroatoms. The predicted octanol–water partition coefficient (Wildman–Crippen LogP) is 3.37. The maximum atomic E-state index is 12.9. The molecular formula is C26H24N6O4S2. The first-order valence-electron chi connectivity index (χ1n) is 12.1. The normalized spacial score (nSPS) is 14.2. The van der Waals surface area contributed by atoms with Gasteiger partial charge in [0.1, 0.15) is 6.33 Å². The summed E-state index contributed by atoms with van der Waals surface area (Å²) in [5, 5.41) is 3.55. The highest BCUT2D eigenvalue weighted by Gasteiger charge is 2.21. The Morgan fingerprint density at radius 3 is 2.55 bits per heavy atom. The molecule has 5 aromatic rings. The predicted molar refractivity (Wildman–Crippen MR) is 147 cm³/mol. The first-order chi connectivity index (χ1) is 18.5. The van der Waals surface area contributed by atoms with Crippen LogP contribution in [0.5, 0.6) is 0 Å². The Labute approximate surface area is 222 Å². The minimum atomic E-state index is -3.92. The lowest BCUT2D eigenvalue weighted by molar-refractivity contribution is 0.517. The molecule has 0 unspecified atom stereocenters. The molecule has 1 aliphatic heterocycles. The highest BCUT2D eigenvalue weighted by Crippen LogP contribution is 2.34. The summed E-state index contributed by atoms with van der Waals surface area (Å²) in [4.78, 5) is 19.1. The minimum absolute atomic E-state index is 0.0357. The second-order valence-corrected chi connectivity index (χ2v) is 11.3. The van der Waals surface area contributed by atoms with Crippen molar-refractivity contribution in [1.29, 1.82) is 0 Å². The van der Waals surface area contributed by atoms with Crippen molar-refractivity contribution in [3.63, 3.8) is 0 Å². The third-order valence-electron chi connectivity index (χ3n) is 6.53. The van der Waals surface area contributed by atoms with Crippen molar-refractivity contribution in [2.75, 3.05) is 35.8 Å². The Balaban J connectivity index is 1.36. The maximum Gasteiger partial charge on any atom is 0.420 e. The van der Waals surface area contributed by atoms with Gasteiger partial charge in [-0.2, -0.15) is 4.37 Å². The molecule has 0 bridgehead atoms. The van der Waals surface area contributed by atoms with Gasteiger partial charge in [-0.1, -0.05) is 42.5 Å². The molecule has 0 spiro atoms. The fraction of sp³-hybridized carbons (Fsp3) is 0.192. The lowest BCUT2D eigenvalue weighted by atomic mass is 9.97. The third-order valence-corrected chi connectivity index (χ3v) is 8.58. The zero-order chi connectivity index (χ0) is 26.1. The van der Waals surface area contributed by atoms with Crippen LogP contribution in [0.3, 0.4) is 0 Å². The van der Waals surface area contributed by atoms with Gasteiger partial charge in [-0.05, 0) is 29.3 Å². The lowest BCUT2D eigenvalue weighted by Gasteiger charge is -2.31. The Kier molecular flexibility index (Phi) is 6.44. The van der Waals surface area contributed by atoms with E-state index in [9.17, 15) is 13.2 Å². The van der Waals surface area contributed by atoms with Crippen molar-refractivity contribution >= 4 is 43.5 Å². The first-order valence-corrected chi connectivity index (χ1v) is 14.3. The molecule has 2 aromatic heterocycles. The lowest BCUT2D eigenvalue weighted by Crippen LogP contribution is -2.43. The van der Waals surface area contributed by atoms with Gasteiger partial charge < -0.3 is 14.6 Å². The van der Waals surface area contributed by atoms with E-state index in [-0.39, 0.29) is 22.2 Å². The van der Waals surface area contributed by atoms with E-state index in [2.05, 4.69) is 42.5 Å². The van der Waals surface area contributed by atoms with Crippen molar-refractivity contribution < 1.29 is 12.8 Å². The van der Waals surface area contributed by atoms with Crippen LogP contribution in [-0.2, 0) is 16.6 Å². The number of benzene rings is 3. The zero-order valence-corrected chi connectivity index (χ0v) is 21.8. The molecule has 0 aliphatic carbocycles. The molecule has 0 amide bonds. The number of aromatic nitrogens is 3. The van der Waals surface area contributed by atoms with E-state index in [1.165, 1.54) is 23.0 Å². The third kappa shape index (κ3) is 4.69. The summed E-state index contributed by atoms with van der Waals surface area (Å²) in [6.45, 7) is 3.97. The molecule has 3 aromatic carbocycles. The van der Waals surface area contributed by atoms with Gasteiger partial charge in [0, 0.05) is 55.0 Å². The van der Waals surface area contributed by atoms with E-state index in [1.54, 1.807) is 6.07 Å². The summed E-state index contributed by atoms with van der Waals surface area (Å²) in [7, 11) is -3.92. The van der Waals surface area contributed by atoms with Crippen LogP contribution in [0.1, 0.15) is 5.56 Å². The summed E-state index contributed by atoms with van der Waals surface area (Å²) in [6.07, 6.45) is 1.27. The number of oxazole rings is 1. The van der Waals surface area contributed by atoms with Crippen LogP contribution in [0.25, 0.3) is 22.2 Å². The van der Waals surface area contributed by atoms with Crippen LogP contribution in [-0.4, -0.2) is 48.5 Å². The highest BCUT2D eigenvalue weighted by atomic mass is 32.2. The molecule has 0 atom stereocenters. The van der Waals surface area contributed by atoms with E-state index in [1.807, 2.05) is 30.3 Å². The van der Waals surface area contributed by atoms with Crippen molar-refractivity contribution in [3.8, 4) is 11.1 Å². The van der Waals surface area contributed by atoms with Crippen molar-refractivity contribution in [2.24, 2.45) is 0 Å². The standard InChI is InChI=1S/C26H24N6O4S2/c33-26-32(23-10-9-19(15-24(23)36-26)38(34,35)30-25-28-17-29-37-25)16-18-5-1-2-6-20(18)21-7-3-4-8-22(21)31-13-11-27-12-14-31/h1-10,15,17,27H,11-14,16H2,(H,28,29,30). The summed E-state index contributed by atoms with van der Waals surface area (Å²) in [5.74, 6) is -0.558. The number of rotatable bonds is 7. The minimum Gasteiger partial charge on any atom is -0.408 e. The number of hydrogen-bond acceptors (Lipinski definition) is 9. The molecular weight excluding hydrogens is 524 g/mol. The van der Waals surface area contributed by atoms with Crippen LogP contribution >= 0.6 is 11.5 Å². The molecule has 10 nitrogen and oxygen atoms in total. The number of sulfonamides is 1. The van der Waals surface area contributed by atoms with Gasteiger partial charge in [0.15, 0.2) is 5.58 Å².